The second-order valence-corrected chi connectivity index (χ2v) is 6.72. The molecule has 1 aromatic carbocycles. The molecule has 1 aliphatic rings. The molecular weight excluding hydrogens is 371 g/mol. The van der Waals surface area contributed by atoms with E-state index in [0.717, 1.165) is 20.9 Å². The van der Waals surface area contributed by atoms with Gasteiger partial charge in [-0.25, -0.2) is 0 Å². The topological polar surface area (TPSA) is 9.23 Å². The summed E-state index contributed by atoms with van der Waals surface area (Å²) in [6, 6.07) is 7.98. The smallest absolute Gasteiger partial charge is 0.0776 e. The number of hydrogen-bond acceptors (Lipinski definition) is 1. The van der Waals surface area contributed by atoms with Crippen LogP contribution < -0.4 is 0 Å². The summed E-state index contributed by atoms with van der Waals surface area (Å²) in [6.07, 6.45) is 6.31. The van der Waals surface area contributed by atoms with E-state index in [1.165, 1.54) is 32.1 Å². The molecule has 0 heterocycles. The third-order valence-electron chi connectivity index (χ3n) is 4.33. The molecule has 0 saturated heterocycles. The first-order valence-corrected chi connectivity index (χ1v) is 9.03. The average molecular weight is 393 g/mol. The van der Waals surface area contributed by atoms with Gasteiger partial charge in [-0.2, -0.15) is 0 Å². The van der Waals surface area contributed by atoms with Crippen molar-refractivity contribution in [3.05, 3.63) is 34.9 Å². The quantitative estimate of drug-likeness (QED) is 0.466. The van der Waals surface area contributed by atoms with Gasteiger partial charge in [0.05, 0.1) is 12.2 Å². The number of halogens is 2. The molecule has 19 heavy (non-hydrogen) atoms. The highest BCUT2D eigenvalue weighted by atomic mass is 127. The van der Waals surface area contributed by atoms with E-state index in [2.05, 4.69) is 35.6 Å². The molecule has 0 aromatic heterocycles. The maximum absolute atomic E-state index is 6.29. The van der Waals surface area contributed by atoms with Crippen LogP contribution in [-0.2, 0) is 11.3 Å². The summed E-state index contributed by atoms with van der Waals surface area (Å²) >= 11 is 8.67. The van der Waals surface area contributed by atoms with Gasteiger partial charge in [-0.05, 0) is 43.2 Å². The number of ether oxygens (including phenoxy) is 1. The van der Waals surface area contributed by atoms with E-state index in [-0.39, 0.29) is 5.60 Å². The number of rotatable bonds is 5. The zero-order valence-electron chi connectivity index (χ0n) is 11.5. The SMILES string of the molecule is CCC1CCC(CI)(OCc2ccccc2Cl)CC1. The Morgan fingerprint density at radius 3 is 2.58 bits per heavy atom. The summed E-state index contributed by atoms with van der Waals surface area (Å²) < 4.78 is 7.36. The van der Waals surface area contributed by atoms with Crippen LogP contribution in [0.25, 0.3) is 0 Å². The minimum absolute atomic E-state index is 0.0748. The molecule has 0 N–H and O–H groups in total. The molecule has 2 rings (SSSR count). The number of hydrogen-bond donors (Lipinski definition) is 0. The molecule has 106 valence electrons. The Balaban J connectivity index is 1.95. The highest BCUT2D eigenvalue weighted by Crippen LogP contribution is 2.38. The van der Waals surface area contributed by atoms with E-state index >= 15 is 0 Å². The lowest BCUT2D eigenvalue weighted by Gasteiger charge is -2.39. The van der Waals surface area contributed by atoms with Crippen molar-refractivity contribution in [3.63, 3.8) is 0 Å². The van der Waals surface area contributed by atoms with Gasteiger partial charge in [-0.1, -0.05) is 65.7 Å². The summed E-state index contributed by atoms with van der Waals surface area (Å²) in [5.74, 6) is 0.903. The van der Waals surface area contributed by atoms with Crippen molar-refractivity contribution in [3.8, 4) is 0 Å². The summed E-state index contributed by atoms with van der Waals surface area (Å²) in [5.41, 5.74) is 1.18. The Labute approximate surface area is 135 Å². The van der Waals surface area contributed by atoms with Crippen molar-refractivity contribution in [2.75, 3.05) is 4.43 Å². The van der Waals surface area contributed by atoms with Crippen molar-refractivity contribution in [1.82, 2.24) is 0 Å². The largest absolute Gasteiger partial charge is 0.369 e. The van der Waals surface area contributed by atoms with Crippen LogP contribution in [0.4, 0.5) is 0 Å². The molecule has 0 aliphatic heterocycles. The van der Waals surface area contributed by atoms with Crippen LogP contribution in [0.15, 0.2) is 24.3 Å². The normalized spacial score (nSPS) is 27.4. The second-order valence-electron chi connectivity index (χ2n) is 5.55. The molecule has 0 unspecified atom stereocenters. The van der Waals surface area contributed by atoms with Crippen molar-refractivity contribution in [2.24, 2.45) is 5.92 Å². The monoisotopic (exact) mass is 392 g/mol. The van der Waals surface area contributed by atoms with Crippen LogP contribution >= 0.6 is 34.2 Å². The van der Waals surface area contributed by atoms with Crippen LogP contribution in [-0.4, -0.2) is 10.0 Å². The third kappa shape index (κ3) is 4.08. The minimum Gasteiger partial charge on any atom is -0.369 e. The lowest BCUT2D eigenvalue weighted by Crippen LogP contribution is -2.38. The molecule has 0 spiro atoms. The summed E-state index contributed by atoms with van der Waals surface area (Å²) in [6.45, 7) is 2.94. The zero-order valence-corrected chi connectivity index (χ0v) is 14.4. The summed E-state index contributed by atoms with van der Waals surface area (Å²) in [4.78, 5) is 0. The first-order valence-electron chi connectivity index (χ1n) is 7.12. The molecule has 1 aromatic rings. The molecule has 1 fully saturated rings. The van der Waals surface area contributed by atoms with Crippen LogP contribution in [0, 0.1) is 5.92 Å². The number of alkyl halides is 1. The first-order chi connectivity index (χ1) is 9.19. The Kier molecular flexibility index (Phi) is 5.97. The van der Waals surface area contributed by atoms with Gasteiger partial charge in [0.25, 0.3) is 0 Å². The van der Waals surface area contributed by atoms with Crippen LogP contribution in [0.2, 0.25) is 5.02 Å². The molecule has 0 bridgehead atoms. The molecule has 0 radical (unpaired) electrons. The Hall–Kier alpha value is 0.200. The van der Waals surface area contributed by atoms with E-state index in [0.29, 0.717) is 6.61 Å². The van der Waals surface area contributed by atoms with Crippen LogP contribution in [0.1, 0.15) is 44.6 Å². The van der Waals surface area contributed by atoms with Crippen molar-refractivity contribution < 1.29 is 4.74 Å². The van der Waals surface area contributed by atoms with Gasteiger partial charge in [0.15, 0.2) is 0 Å². The summed E-state index contributed by atoms with van der Waals surface area (Å²) in [5, 5.41) is 0.813. The number of benzene rings is 1. The highest BCUT2D eigenvalue weighted by Gasteiger charge is 2.34. The highest BCUT2D eigenvalue weighted by molar-refractivity contribution is 14.1. The molecule has 1 aliphatic carbocycles. The van der Waals surface area contributed by atoms with Gasteiger partial charge < -0.3 is 4.74 Å². The fourth-order valence-corrected chi connectivity index (χ4v) is 3.95. The fraction of sp³-hybridized carbons (Fsp3) is 0.625. The van der Waals surface area contributed by atoms with Crippen LogP contribution in [0.3, 0.4) is 0 Å². The Bertz CT molecular complexity index is 399. The Morgan fingerprint density at radius 2 is 2.00 bits per heavy atom. The molecule has 1 saturated carbocycles. The Morgan fingerprint density at radius 1 is 1.32 bits per heavy atom. The van der Waals surface area contributed by atoms with Gasteiger partial charge in [-0.3, -0.25) is 0 Å². The average Bonchev–Trinajstić information content (AvgIpc) is 2.47. The lowest BCUT2D eigenvalue weighted by atomic mass is 9.79. The molecule has 0 amide bonds. The van der Waals surface area contributed by atoms with E-state index in [1.54, 1.807) is 0 Å². The summed E-state index contributed by atoms with van der Waals surface area (Å²) in [7, 11) is 0. The molecule has 3 heteroatoms. The van der Waals surface area contributed by atoms with Crippen molar-refractivity contribution in [2.45, 2.75) is 51.2 Å². The van der Waals surface area contributed by atoms with Crippen molar-refractivity contribution >= 4 is 34.2 Å². The predicted octanol–water partition coefficient (Wildman–Crippen LogP) is 5.63. The molecule has 1 nitrogen and oxygen atoms in total. The predicted molar refractivity (Wildman–Crippen MR) is 90.1 cm³/mol. The van der Waals surface area contributed by atoms with Gasteiger partial charge in [0.1, 0.15) is 0 Å². The van der Waals surface area contributed by atoms with Gasteiger partial charge in [-0.15, -0.1) is 0 Å². The minimum atomic E-state index is 0.0748. The first kappa shape index (κ1) is 15.6. The van der Waals surface area contributed by atoms with E-state index in [9.17, 15) is 0 Å². The zero-order chi connectivity index (χ0) is 13.7. The van der Waals surface area contributed by atoms with E-state index in [4.69, 9.17) is 16.3 Å². The maximum Gasteiger partial charge on any atom is 0.0776 e. The second kappa shape index (κ2) is 7.28. The van der Waals surface area contributed by atoms with E-state index in [1.807, 2.05) is 18.2 Å². The van der Waals surface area contributed by atoms with Gasteiger partial charge in [0.2, 0.25) is 0 Å². The third-order valence-corrected chi connectivity index (χ3v) is 6.09. The van der Waals surface area contributed by atoms with Gasteiger partial charge >= 0.3 is 0 Å². The molecular formula is C16H22ClIO. The standard InChI is InChI=1S/C16H22ClIO/c1-2-13-7-9-16(12-18,10-8-13)19-11-14-5-3-4-6-15(14)17/h3-6,13H,2,7-12H2,1H3. The fourth-order valence-electron chi connectivity index (χ4n) is 2.77. The van der Waals surface area contributed by atoms with E-state index < -0.39 is 0 Å². The van der Waals surface area contributed by atoms with Crippen LogP contribution in [0.5, 0.6) is 0 Å². The maximum atomic E-state index is 6.29. The van der Waals surface area contributed by atoms with Gasteiger partial charge in [0, 0.05) is 9.45 Å². The molecule has 0 atom stereocenters. The lowest BCUT2D eigenvalue weighted by molar-refractivity contribution is -0.0690. The van der Waals surface area contributed by atoms with Crippen molar-refractivity contribution in [1.29, 1.82) is 0 Å².